The van der Waals surface area contributed by atoms with Crippen LogP contribution in [0.1, 0.15) is 18.0 Å². The van der Waals surface area contributed by atoms with Crippen LogP contribution in [-0.4, -0.2) is 57.0 Å². The highest BCUT2D eigenvalue weighted by molar-refractivity contribution is 5.42. The summed E-state index contributed by atoms with van der Waals surface area (Å²) in [6, 6.07) is 5.73. The van der Waals surface area contributed by atoms with Crippen LogP contribution in [0.5, 0.6) is 11.5 Å². The highest BCUT2D eigenvalue weighted by Crippen LogP contribution is 2.32. The number of aliphatic hydroxyl groups excluding tert-OH is 1. The highest BCUT2D eigenvalue weighted by Gasteiger charge is 2.23. The number of rotatable bonds is 5. The van der Waals surface area contributed by atoms with Crippen molar-refractivity contribution in [1.82, 2.24) is 10.2 Å². The predicted molar refractivity (Wildman–Crippen MR) is 78.4 cm³/mol. The maximum atomic E-state index is 9.82. The molecule has 0 bridgehead atoms. The molecule has 1 unspecified atom stereocenters. The minimum atomic E-state index is -0.0317. The third kappa shape index (κ3) is 3.42. The van der Waals surface area contributed by atoms with Crippen LogP contribution in [0.3, 0.4) is 0 Å². The SMILES string of the molecule is COc1ccc(C(CO)N2CCCNCC2)c(OC)c1. The van der Waals surface area contributed by atoms with Gasteiger partial charge in [0.1, 0.15) is 11.5 Å². The summed E-state index contributed by atoms with van der Waals surface area (Å²) in [5.74, 6) is 1.53. The fourth-order valence-corrected chi connectivity index (χ4v) is 2.68. The molecule has 1 fully saturated rings. The summed E-state index contributed by atoms with van der Waals surface area (Å²) in [7, 11) is 3.29. The first-order chi connectivity index (χ1) is 9.80. The summed E-state index contributed by atoms with van der Waals surface area (Å²) in [6.07, 6.45) is 1.09. The van der Waals surface area contributed by atoms with Crippen LogP contribution in [0, 0.1) is 0 Å². The first-order valence-corrected chi connectivity index (χ1v) is 7.07. The van der Waals surface area contributed by atoms with Crippen LogP contribution in [0.2, 0.25) is 0 Å². The van der Waals surface area contributed by atoms with Crippen LogP contribution in [-0.2, 0) is 0 Å². The Morgan fingerprint density at radius 1 is 1.25 bits per heavy atom. The Bertz CT molecular complexity index is 418. The molecule has 0 amide bonds. The lowest BCUT2D eigenvalue weighted by Crippen LogP contribution is -2.34. The number of ether oxygens (including phenoxy) is 2. The first-order valence-electron chi connectivity index (χ1n) is 7.07. The molecule has 5 heteroatoms. The fraction of sp³-hybridized carbons (Fsp3) is 0.600. The van der Waals surface area contributed by atoms with Gasteiger partial charge in [0.15, 0.2) is 0 Å². The van der Waals surface area contributed by atoms with Gasteiger partial charge < -0.3 is 19.9 Å². The Kier molecular flexibility index (Phi) is 5.64. The second kappa shape index (κ2) is 7.47. The Labute approximate surface area is 120 Å². The van der Waals surface area contributed by atoms with Crippen LogP contribution < -0.4 is 14.8 Å². The van der Waals surface area contributed by atoms with Crippen molar-refractivity contribution in [2.75, 3.05) is 47.0 Å². The van der Waals surface area contributed by atoms with Gasteiger partial charge in [-0.25, -0.2) is 0 Å². The van der Waals surface area contributed by atoms with Crippen molar-refractivity contribution in [3.8, 4) is 11.5 Å². The molecule has 1 atom stereocenters. The largest absolute Gasteiger partial charge is 0.497 e. The van der Waals surface area contributed by atoms with Crippen LogP contribution >= 0.6 is 0 Å². The van der Waals surface area contributed by atoms with E-state index < -0.39 is 0 Å². The molecule has 0 saturated carbocycles. The van der Waals surface area contributed by atoms with E-state index in [1.807, 2.05) is 18.2 Å². The molecular weight excluding hydrogens is 256 g/mol. The summed E-state index contributed by atoms with van der Waals surface area (Å²) < 4.78 is 10.7. The highest BCUT2D eigenvalue weighted by atomic mass is 16.5. The van der Waals surface area contributed by atoms with E-state index in [1.54, 1.807) is 14.2 Å². The Hall–Kier alpha value is -1.30. The van der Waals surface area contributed by atoms with Crippen LogP contribution in [0.25, 0.3) is 0 Å². The van der Waals surface area contributed by atoms with Crippen molar-refractivity contribution in [1.29, 1.82) is 0 Å². The van der Waals surface area contributed by atoms with Gasteiger partial charge in [0, 0.05) is 31.3 Å². The molecule has 0 spiro atoms. The topological polar surface area (TPSA) is 54.0 Å². The molecule has 1 aliphatic heterocycles. The smallest absolute Gasteiger partial charge is 0.127 e. The van der Waals surface area contributed by atoms with Gasteiger partial charge in [-0.1, -0.05) is 0 Å². The van der Waals surface area contributed by atoms with E-state index in [0.29, 0.717) is 0 Å². The third-order valence-corrected chi connectivity index (χ3v) is 3.79. The monoisotopic (exact) mass is 280 g/mol. The first kappa shape index (κ1) is 15.1. The molecule has 2 N–H and O–H groups in total. The van der Waals surface area contributed by atoms with Gasteiger partial charge in [0.25, 0.3) is 0 Å². The van der Waals surface area contributed by atoms with E-state index in [2.05, 4.69) is 10.2 Å². The number of nitrogens with zero attached hydrogens (tertiary/aromatic N) is 1. The molecule has 1 saturated heterocycles. The molecule has 1 aromatic rings. The maximum absolute atomic E-state index is 9.82. The molecule has 1 aliphatic rings. The molecule has 20 heavy (non-hydrogen) atoms. The van der Waals surface area contributed by atoms with Gasteiger partial charge in [-0.2, -0.15) is 0 Å². The summed E-state index contributed by atoms with van der Waals surface area (Å²) >= 11 is 0. The molecule has 0 aliphatic carbocycles. The zero-order valence-electron chi connectivity index (χ0n) is 12.3. The zero-order chi connectivity index (χ0) is 14.4. The zero-order valence-corrected chi connectivity index (χ0v) is 12.3. The lowest BCUT2D eigenvalue weighted by molar-refractivity contribution is 0.127. The number of benzene rings is 1. The van der Waals surface area contributed by atoms with E-state index in [4.69, 9.17) is 9.47 Å². The van der Waals surface area contributed by atoms with Gasteiger partial charge >= 0.3 is 0 Å². The van der Waals surface area contributed by atoms with Crippen molar-refractivity contribution in [3.05, 3.63) is 23.8 Å². The van der Waals surface area contributed by atoms with Gasteiger partial charge in [-0.05, 0) is 25.1 Å². The van der Waals surface area contributed by atoms with Crippen molar-refractivity contribution in [2.45, 2.75) is 12.5 Å². The molecule has 2 rings (SSSR count). The van der Waals surface area contributed by atoms with E-state index in [9.17, 15) is 5.11 Å². The maximum Gasteiger partial charge on any atom is 0.127 e. The van der Waals surface area contributed by atoms with E-state index in [1.165, 1.54) is 0 Å². The molecule has 5 nitrogen and oxygen atoms in total. The van der Waals surface area contributed by atoms with Crippen molar-refractivity contribution >= 4 is 0 Å². The predicted octanol–water partition coefficient (Wildman–Crippen LogP) is 1.03. The van der Waals surface area contributed by atoms with Crippen molar-refractivity contribution in [3.63, 3.8) is 0 Å². The van der Waals surface area contributed by atoms with Gasteiger partial charge in [0.05, 0.1) is 26.9 Å². The Morgan fingerprint density at radius 2 is 2.10 bits per heavy atom. The average Bonchev–Trinajstić information content (AvgIpc) is 2.77. The third-order valence-electron chi connectivity index (χ3n) is 3.79. The van der Waals surface area contributed by atoms with Crippen molar-refractivity contribution < 1.29 is 14.6 Å². The minimum absolute atomic E-state index is 0.0317. The number of hydrogen-bond acceptors (Lipinski definition) is 5. The second-order valence-electron chi connectivity index (χ2n) is 4.95. The van der Waals surface area contributed by atoms with Gasteiger partial charge in [-0.15, -0.1) is 0 Å². The molecule has 1 heterocycles. The number of hydrogen-bond donors (Lipinski definition) is 2. The van der Waals surface area contributed by atoms with Gasteiger partial charge in [-0.3, -0.25) is 4.90 Å². The van der Waals surface area contributed by atoms with Gasteiger partial charge in [0.2, 0.25) is 0 Å². The lowest BCUT2D eigenvalue weighted by Gasteiger charge is -2.30. The van der Waals surface area contributed by atoms with E-state index in [0.717, 1.165) is 49.7 Å². The standard InChI is InChI=1S/C15H24N2O3/c1-19-12-4-5-13(15(10-12)20-2)14(11-18)17-8-3-6-16-7-9-17/h4-5,10,14,16,18H,3,6-9,11H2,1-2H3. The molecule has 1 aromatic carbocycles. The summed E-state index contributed by atoms with van der Waals surface area (Å²) in [5, 5.41) is 13.2. The fourth-order valence-electron chi connectivity index (χ4n) is 2.68. The number of methoxy groups -OCH3 is 2. The second-order valence-corrected chi connectivity index (χ2v) is 4.95. The molecule has 112 valence electrons. The van der Waals surface area contributed by atoms with E-state index >= 15 is 0 Å². The Morgan fingerprint density at radius 3 is 2.80 bits per heavy atom. The molecule has 0 radical (unpaired) electrons. The lowest BCUT2D eigenvalue weighted by atomic mass is 10.0. The summed E-state index contributed by atoms with van der Waals surface area (Å²) in [5.41, 5.74) is 1.01. The Balaban J connectivity index is 2.25. The minimum Gasteiger partial charge on any atom is -0.497 e. The number of nitrogens with one attached hydrogen (secondary N) is 1. The van der Waals surface area contributed by atoms with Crippen LogP contribution in [0.15, 0.2) is 18.2 Å². The van der Waals surface area contributed by atoms with Crippen molar-refractivity contribution in [2.24, 2.45) is 0 Å². The van der Waals surface area contributed by atoms with Crippen LogP contribution in [0.4, 0.5) is 0 Å². The quantitative estimate of drug-likeness (QED) is 0.844. The molecular formula is C15H24N2O3. The van der Waals surface area contributed by atoms with E-state index in [-0.39, 0.29) is 12.6 Å². The summed E-state index contributed by atoms with van der Waals surface area (Å²) in [6.45, 7) is 3.99. The molecule has 0 aromatic heterocycles. The normalized spacial score (nSPS) is 18.4. The average molecular weight is 280 g/mol. The number of aliphatic hydroxyl groups is 1. The summed E-state index contributed by atoms with van der Waals surface area (Å²) in [4.78, 5) is 2.31.